The van der Waals surface area contributed by atoms with Crippen LogP contribution >= 0.6 is 11.3 Å². The number of rotatable bonds is 7. The van der Waals surface area contributed by atoms with E-state index in [1.54, 1.807) is 17.5 Å². The highest BCUT2D eigenvalue weighted by Gasteiger charge is 2.27. The van der Waals surface area contributed by atoms with E-state index in [2.05, 4.69) is 10.1 Å². The second-order valence-corrected chi connectivity index (χ2v) is 5.46. The third-order valence-corrected chi connectivity index (χ3v) is 3.89. The van der Waals surface area contributed by atoms with Gasteiger partial charge in [0.2, 0.25) is 0 Å². The monoisotopic (exact) mass is 313 g/mol. The highest BCUT2D eigenvalue weighted by Crippen LogP contribution is 2.11. The summed E-state index contributed by atoms with van der Waals surface area (Å²) in [5.41, 5.74) is 0. The van der Waals surface area contributed by atoms with E-state index >= 15 is 0 Å². The Balaban J connectivity index is 2.50. The SMILES string of the molecule is CCC(C)C(NC(=O)COC(=O)c1cccs1)C(=O)OC. The zero-order chi connectivity index (χ0) is 15.8. The molecular weight excluding hydrogens is 294 g/mol. The van der Waals surface area contributed by atoms with Crippen molar-refractivity contribution in [1.29, 1.82) is 0 Å². The van der Waals surface area contributed by atoms with Crippen molar-refractivity contribution in [3.05, 3.63) is 22.4 Å². The first kappa shape index (κ1) is 17.2. The number of carbonyl (C=O) groups excluding carboxylic acids is 3. The van der Waals surface area contributed by atoms with E-state index in [0.29, 0.717) is 11.3 Å². The molecule has 1 aromatic rings. The van der Waals surface area contributed by atoms with Crippen molar-refractivity contribution in [3.63, 3.8) is 0 Å². The normalized spacial score (nSPS) is 13.1. The molecule has 6 nitrogen and oxygen atoms in total. The largest absolute Gasteiger partial charge is 0.467 e. The Morgan fingerprint density at radius 3 is 2.62 bits per heavy atom. The van der Waals surface area contributed by atoms with Crippen LogP contribution in [0, 0.1) is 5.92 Å². The third kappa shape index (κ3) is 5.18. The first-order valence-electron chi connectivity index (χ1n) is 6.57. The maximum Gasteiger partial charge on any atom is 0.348 e. The van der Waals surface area contributed by atoms with Crippen LogP contribution in [0.15, 0.2) is 17.5 Å². The van der Waals surface area contributed by atoms with Crippen LogP contribution in [0.5, 0.6) is 0 Å². The molecule has 0 fully saturated rings. The predicted molar refractivity (Wildman–Crippen MR) is 78.0 cm³/mol. The number of hydrogen-bond acceptors (Lipinski definition) is 6. The van der Waals surface area contributed by atoms with Crippen LogP contribution in [0.2, 0.25) is 0 Å². The van der Waals surface area contributed by atoms with Gasteiger partial charge in [-0.2, -0.15) is 0 Å². The zero-order valence-electron chi connectivity index (χ0n) is 12.3. The van der Waals surface area contributed by atoms with Gasteiger partial charge in [0.15, 0.2) is 6.61 Å². The number of amides is 1. The second kappa shape index (κ2) is 8.41. The molecule has 0 bridgehead atoms. The van der Waals surface area contributed by atoms with Gasteiger partial charge in [0, 0.05) is 0 Å². The fourth-order valence-corrected chi connectivity index (χ4v) is 2.22. The molecule has 7 heteroatoms. The summed E-state index contributed by atoms with van der Waals surface area (Å²) in [4.78, 5) is 35.4. The van der Waals surface area contributed by atoms with Crippen molar-refractivity contribution in [3.8, 4) is 0 Å². The van der Waals surface area contributed by atoms with E-state index in [4.69, 9.17) is 4.74 Å². The van der Waals surface area contributed by atoms with Gasteiger partial charge in [0.25, 0.3) is 5.91 Å². The lowest BCUT2D eigenvalue weighted by atomic mass is 9.99. The molecular formula is C14H19NO5S. The van der Waals surface area contributed by atoms with Gasteiger partial charge in [0.1, 0.15) is 10.9 Å². The van der Waals surface area contributed by atoms with Crippen molar-refractivity contribution in [2.45, 2.75) is 26.3 Å². The van der Waals surface area contributed by atoms with Crippen LogP contribution in [0.1, 0.15) is 29.9 Å². The van der Waals surface area contributed by atoms with Crippen LogP contribution in [-0.2, 0) is 19.1 Å². The smallest absolute Gasteiger partial charge is 0.348 e. The van der Waals surface area contributed by atoms with Gasteiger partial charge in [-0.1, -0.05) is 26.3 Å². The number of nitrogens with one attached hydrogen (secondary N) is 1. The number of hydrogen-bond donors (Lipinski definition) is 1. The minimum Gasteiger partial charge on any atom is -0.467 e. The summed E-state index contributed by atoms with van der Waals surface area (Å²) in [7, 11) is 1.26. The van der Waals surface area contributed by atoms with Crippen molar-refractivity contribution < 1.29 is 23.9 Å². The number of thiophene rings is 1. The van der Waals surface area contributed by atoms with E-state index < -0.39 is 30.5 Å². The molecule has 116 valence electrons. The number of methoxy groups -OCH3 is 1. The summed E-state index contributed by atoms with van der Waals surface area (Å²) in [6.07, 6.45) is 0.703. The molecule has 1 heterocycles. The highest BCUT2D eigenvalue weighted by atomic mass is 32.1. The van der Waals surface area contributed by atoms with Crippen molar-refractivity contribution in [2.75, 3.05) is 13.7 Å². The molecule has 2 unspecified atom stereocenters. The molecule has 0 saturated heterocycles. The minimum absolute atomic E-state index is 0.0746. The van der Waals surface area contributed by atoms with Crippen molar-refractivity contribution >= 4 is 29.2 Å². The fraction of sp³-hybridized carbons (Fsp3) is 0.500. The topological polar surface area (TPSA) is 81.7 Å². The van der Waals surface area contributed by atoms with E-state index in [9.17, 15) is 14.4 Å². The molecule has 1 amide bonds. The fourth-order valence-electron chi connectivity index (χ4n) is 1.61. The molecule has 0 aromatic carbocycles. The van der Waals surface area contributed by atoms with E-state index in [1.807, 2.05) is 13.8 Å². The molecule has 0 aliphatic heterocycles. The third-order valence-electron chi connectivity index (χ3n) is 3.04. The average molecular weight is 313 g/mol. The highest BCUT2D eigenvalue weighted by molar-refractivity contribution is 7.11. The lowest BCUT2D eigenvalue weighted by Crippen LogP contribution is -2.47. The van der Waals surface area contributed by atoms with E-state index in [0.717, 1.165) is 0 Å². The Morgan fingerprint density at radius 1 is 1.38 bits per heavy atom. The molecule has 21 heavy (non-hydrogen) atoms. The van der Waals surface area contributed by atoms with Gasteiger partial charge in [-0.05, 0) is 17.4 Å². The summed E-state index contributed by atoms with van der Waals surface area (Å²) in [6.45, 7) is 3.31. The Bertz CT molecular complexity index is 486. The lowest BCUT2D eigenvalue weighted by Gasteiger charge is -2.21. The van der Waals surface area contributed by atoms with Gasteiger partial charge in [-0.15, -0.1) is 11.3 Å². The van der Waals surface area contributed by atoms with Crippen LogP contribution < -0.4 is 5.32 Å². The maximum absolute atomic E-state index is 11.8. The molecule has 1 aromatic heterocycles. The van der Waals surface area contributed by atoms with Crippen molar-refractivity contribution in [2.24, 2.45) is 5.92 Å². The van der Waals surface area contributed by atoms with Crippen LogP contribution in [0.25, 0.3) is 0 Å². The van der Waals surface area contributed by atoms with Gasteiger partial charge in [-0.3, -0.25) is 4.79 Å². The molecule has 2 atom stereocenters. The van der Waals surface area contributed by atoms with E-state index in [-0.39, 0.29) is 5.92 Å². The summed E-state index contributed by atoms with van der Waals surface area (Å²) >= 11 is 1.23. The maximum atomic E-state index is 11.8. The summed E-state index contributed by atoms with van der Waals surface area (Å²) in [5, 5.41) is 4.27. The van der Waals surface area contributed by atoms with Crippen LogP contribution in [-0.4, -0.2) is 37.6 Å². The van der Waals surface area contributed by atoms with Crippen molar-refractivity contribution in [1.82, 2.24) is 5.32 Å². The van der Waals surface area contributed by atoms with Gasteiger partial charge >= 0.3 is 11.9 Å². The average Bonchev–Trinajstić information content (AvgIpc) is 3.03. The summed E-state index contributed by atoms with van der Waals surface area (Å²) in [6, 6.07) is 2.59. The molecule has 0 aliphatic carbocycles. The quantitative estimate of drug-likeness (QED) is 0.773. The van der Waals surface area contributed by atoms with Gasteiger partial charge in [0.05, 0.1) is 7.11 Å². The zero-order valence-corrected chi connectivity index (χ0v) is 13.1. The number of esters is 2. The molecule has 1 N–H and O–H groups in total. The Labute approximate surface area is 127 Å². The summed E-state index contributed by atoms with van der Waals surface area (Å²) < 4.78 is 9.54. The Morgan fingerprint density at radius 2 is 2.10 bits per heavy atom. The van der Waals surface area contributed by atoms with E-state index in [1.165, 1.54) is 18.4 Å². The summed E-state index contributed by atoms with van der Waals surface area (Å²) in [5.74, 6) is -1.68. The first-order valence-corrected chi connectivity index (χ1v) is 7.45. The second-order valence-electron chi connectivity index (χ2n) is 4.51. The molecule has 0 radical (unpaired) electrons. The van der Waals surface area contributed by atoms with Gasteiger partial charge in [-0.25, -0.2) is 9.59 Å². The van der Waals surface area contributed by atoms with Gasteiger partial charge < -0.3 is 14.8 Å². The predicted octanol–water partition coefficient (Wildman–Crippen LogP) is 1.61. The first-order chi connectivity index (χ1) is 9.99. The lowest BCUT2D eigenvalue weighted by molar-refractivity contribution is -0.147. The Hall–Kier alpha value is -1.89. The standard InChI is InChI=1S/C14H19NO5S/c1-4-9(2)12(14(18)19-3)15-11(16)8-20-13(17)10-6-5-7-21-10/h5-7,9,12H,4,8H2,1-3H3,(H,15,16). The minimum atomic E-state index is -0.743. The number of carbonyl (C=O) groups is 3. The molecule has 1 rings (SSSR count). The molecule has 0 spiro atoms. The molecule has 0 saturated carbocycles. The number of ether oxygens (including phenoxy) is 2. The van der Waals surface area contributed by atoms with Crippen LogP contribution in [0.3, 0.4) is 0 Å². The molecule has 0 aliphatic rings. The Kier molecular flexibility index (Phi) is 6.87. The van der Waals surface area contributed by atoms with Crippen LogP contribution in [0.4, 0.5) is 0 Å².